The van der Waals surface area contributed by atoms with Gasteiger partial charge in [-0.3, -0.25) is 15.0 Å². The number of aromatic nitrogens is 2. The van der Waals surface area contributed by atoms with Crippen LogP contribution in [0.5, 0.6) is 0 Å². The summed E-state index contributed by atoms with van der Waals surface area (Å²) in [4.78, 5) is 27.7. The summed E-state index contributed by atoms with van der Waals surface area (Å²) in [6.07, 6.45) is 1.11. The molecule has 2 amide bonds. The van der Waals surface area contributed by atoms with E-state index in [1.807, 2.05) is 14.0 Å². The molecule has 25 heavy (non-hydrogen) atoms. The summed E-state index contributed by atoms with van der Waals surface area (Å²) in [5.41, 5.74) is 3.91. The van der Waals surface area contributed by atoms with Gasteiger partial charge in [0.25, 0.3) is 5.89 Å². The molecule has 0 radical (unpaired) electrons. The Bertz CT molecular complexity index is 746. The molecule has 8 nitrogen and oxygen atoms in total. The van der Waals surface area contributed by atoms with Gasteiger partial charge in [0.2, 0.25) is 11.8 Å². The average Bonchev–Trinajstić information content (AvgIpc) is 3.05. The van der Waals surface area contributed by atoms with Crippen molar-refractivity contribution in [3.05, 3.63) is 30.1 Å². The summed E-state index contributed by atoms with van der Waals surface area (Å²) in [6, 6.07) is 7.29. The van der Waals surface area contributed by atoms with E-state index < -0.39 is 0 Å². The first-order valence-corrected chi connectivity index (χ1v) is 7.79. The first-order valence-electron chi connectivity index (χ1n) is 7.79. The molecule has 2 N–H and O–H groups in total. The summed E-state index contributed by atoms with van der Waals surface area (Å²) in [5.74, 6) is 0.755. The molecule has 0 aliphatic carbocycles. The van der Waals surface area contributed by atoms with Crippen LogP contribution in [0, 0.1) is 0 Å². The number of anilines is 1. The number of hydrazine groups is 1. The predicted molar refractivity (Wildman–Crippen MR) is 94.1 cm³/mol. The molecule has 2 heterocycles. The van der Waals surface area contributed by atoms with E-state index in [1.54, 1.807) is 24.3 Å². The molecule has 1 aromatic carbocycles. The number of carbonyl (C=O) groups is 2. The smallest absolute Gasteiger partial charge is 0.257 e. The third kappa shape index (κ3) is 4.34. The molecule has 1 aliphatic rings. The van der Waals surface area contributed by atoms with Crippen LogP contribution in [0.2, 0.25) is 0 Å². The van der Waals surface area contributed by atoms with Crippen LogP contribution < -0.4 is 15.8 Å². The highest BCUT2D eigenvalue weighted by atomic mass is 35.5. The predicted octanol–water partition coefficient (Wildman–Crippen LogP) is 1.47. The highest BCUT2D eigenvalue weighted by molar-refractivity contribution is 6.01. The Morgan fingerprint density at radius 3 is 2.68 bits per heavy atom. The number of benzene rings is 1. The fraction of sp³-hybridized carbons (Fsp3) is 0.375. The molecule has 1 aromatic heterocycles. The molecule has 1 unspecified atom stereocenters. The number of amides is 2. The van der Waals surface area contributed by atoms with E-state index in [2.05, 4.69) is 20.9 Å². The molecule has 0 bridgehead atoms. The lowest BCUT2D eigenvalue weighted by atomic mass is 10.1. The number of hydrogen-bond acceptors (Lipinski definition) is 6. The van der Waals surface area contributed by atoms with Crippen LogP contribution in [-0.4, -0.2) is 35.0 Å². The number of halogens is 1. The Labute approximate surface area is 151 Å². The average molecular weight is 366 g/mol. The fourth-order valence-electron chi connectivity index (χ4n) is 2.37. The van der Waals surface area contributed by atoms with Crippen molar-refractivity contribution in [1.82, 2.24) is 20.9 Å². The number of carbonyl (C=O) groups excluding carboxylic acids is 2. The molecular weight excluding hydrogens is 346 g/mol. The monoisotopic (exact) mass is 365 g/mol. The van der Waals surface area contributed by atoms with Crippen molar-refractivity contribution in [2.45, 2.75) is 32.2 Å². The van der Waals surface area contributed by atoms with Crippen LogP contribution in [0.3, 0.4) is 0 Å². The zero-order valence-electron chi connectivity index (χ0n) is 14.0. The minimum atomic E-state index is -0.168. The Hall–Kier alpha value is -2.45. The second kappa shape index (κ2) is 8.09. The normalized spacial score (nSPS) is 15.5. The maximum atomic E-state index is 11.9. The lowest BCUT2D eigenvalue weighted by Crippen LogP contribution is -2.50. The quantitative estimate of drug-likeness (QED) is 0.832. The number of rotatable bonds is 5. The zero-order chi connectivity index (χ0) is 17.1. The maximum Gasteiger partial charge on any atom is 0.257 e. The fourth-order valence-corrected chi connectivity index (χ4v) is 2.37. The van der Waals surface area contributed by atoms with Gasteiger partial charge in [-0.1, -0.05) is 5.16 Å². The molecule has 1 aliphatic heterocycles. The van der Waals surface area contributed by atoms with E-state index >= 15 is 0 Å². The zero-order valence-corrected chi connectivity index (χ0v) is 14.8. The van der Waals surface area contributed by atoms with Crippen molar-refractivity contribution in [3.63, 3.8) is 0 Å². The second-order valence-corrected chi connectivity index (χ2v) is 5.72. The van der Waals surface area contributed by atoms with E-state index in [9.17, 15) is 9.59 Å². The van der Waals surface area contributed by atoms with Gasteiger partial charge < -0.3 is 9.84 Å². The van der Waals surface area contributed by atoms with Gasteiger partial charge in [-0.05, 0) is 38.2 Å². The van der Waals surface area contributed by atoms with E-state index in [0.29, 0.717) is 23.8 Å². The van der Waals surface area contributed by atoms with Crippen LogP contribution in [0.25, 0.3) is 11.5 Å². The van der Waals surface area contributed by atoms with Crippen molar-refractivity contribution in [2.24, 2.45) is 0 Å². The number of nitrogens with zero attached hydrogens (tertiary/aromatic N) is 3. The van der Waals surface area contributed by atoms with Gasteiger partial charge in [0.1, 0.15) is 0 Å². The summed E-state index contributed by atoms with van der Waals surface area (Å²) in [5, 5.41) is 8.35. The highest BCUT2D eigenvalue weighted by Gasteiger charge is 2.24. The van der Waals surface area contributed by atoms with Crippen LogP contribution in [0.1, 0.15) is 25.6 Å². The van der Waals surface area contributed by atoms with Gasteiger partial charge in [0, 0.05) is 30.9 Å². The lowest BCUT2D eigenvalue weighted by Gasteiger charge is -2.27. The molecule has 2 aromatic rings. The van der Waals surface area contributed by atoms with Crippen molar-refractivity contribution in [1.29, 1.82) is 0 Å². The minimum absolute atomic E-state index is 0. The van der Waals surface area contributed by atoms with Crippen molar-refractivity contribution in [3.8, 4) is 11.5 Å². The van der Waals surface area contributed by atoms with Gasteiger partial charge in [-0.2, -0.15) is 4.98 Å². The number of nitrogens with one attached hydrogen (secondary N) is 2. The highest BCUT2D eigenvalue weighted by Crippen LogP contribution is 2.23. The SMILES string of the molecule is CNC(C)Cc1noc(-c2ccc(N3NC(=O)CCC3=O)cc2)n1.Cl. The molecular formula is C16H20ClN5O3. The van der Waals surface area contributed by atoms with E-state index in [-0.39, 0.29) is 43.1 Å². The van der Waals surface area contributed by atoms with Crippen molar-refractivity contribution < 1.29 is 14.1 Å². The second-order valence-electron chi connectivity index (χ2n) is 5.72. The Balaban J connectivity index is 0.00000225. The van der Waals surface area contributed by atoms with Crippen LogP contribution in [-0.2, 0) is 16.0 Å². The summed E-state index contributed by atoms with van der Waals surface area (Å²) in [6.45, 7) is 2.04. The van der Waals surface area contributed by atoms with Gasteiger partial charge in [0.15, 0.2) is 5.82 Å². The van der Waals surface area contributed by atoms with Gasteiger partial charge in [-0.25, -0.2) is 5.01 Å². The summed E-state index contributed by atoms with van der Waals surface area (Å²) < 4.78 is 5.28. The van der Waals surface area contributed by atoms with E-state index in [0.717, 1.165) is 5.56 Å². The third-order valence-corrected chi connectivity index (χ3v) is 3.87. The molecule has 1 fully saturated rings. The van der Waals surface area contributed by atoms with Crippen LogP contribution in [0.15, 0.2) is 28.8 Å². The molecule has 1 saturated heterocycles. The molecule has 9 heteroatoms. The Morgan fingerprint density at radius 1 is 1.28 bits per heavy atom. The Morgan fingerprint density at radius 2 is 2.00 bits per heavy atom. The molecule has 0 spiro atoms. The first kappa shape index (κ1) is 18.9. The molecule has 3 rings (SSSR count). The van der Waals surface area contributed by atoms with Crippen LogP contribution in [0.4, 0.5) is 5.69 Å². The lowest BCUT2D eigenvalue weighted by molar-refractivity contribution is -0.130. The molecule has 0 saturated carbocycles. The standard InChI is InChI=1S/C16H19N5O3.ClH/c1-10(17-2)9-13-18-16(24-20-13)11-3-5-12(6-4-11)21-15(23)8-7-14(22)19-21;/h3-6,10,17H,7-9H2,1-2H3,(H,19,22);1H. The number of likely N-dealkylation sites (N-methyl/N-ethyl adjacent to an activating group) is 1. The number of hydrogen-bond donors (Lipinski definition) is 2. The van der Waals surface area contributed by atoms with Gasteiger partial charge >= 0.3 is 0 Å². The van der Waals surface area contributed by atoms with Crippen LogP contribution >= 0.6 is 12.4 Å². The maximum absolute atomic E-state index is 11.9. The molecule has 1 atom stereocenters. The topological polar surface area (TPSA) is 100 Å². The van der Waals surface area contributed by atoms with E-state index in [1.165, 1.54) is 5.01 Å². The summed E-state index contributed by atoms with van der Waals surface area (Å²) in [7, 11) is 1.88. The minimum Gasteiger partial charge on any atom is -0.334 e. The molecule has 134 valence electrons. The summed E-state index contributed by atoms with van der Waals surface area (Å²) >= 11 is 0. The largest absolute Gasteiger partial charge is 0.334 e. The van der Waals surface area contributed by atoms with Gasteiger partial charge in [0.05, 0.1) is 5.69 Å². The first-order chi connectivity index (χ1) is 11.6. The van der Waals surface area contributed by atoms with Gasteiger partial charge in [-0.15, -0.1) is 12.4 Å². The van der Waals surface area contributed by atoms with Crippen molar-refractivity contribution in [2.75, 3.05) is 12.1 Å². The van der Waals surface area contributed by atoms with Crippen molar-refractivity contribution >= 4 is 29.9 Å². The third-order valence-electron chi connectivity index (χ3n) is 3.87. The van der Waals surface area contributed by atoms with E-state index in [4.69, 9.17) is 4.52 Å². The Kier molecular flexibility index (Phi) is 6.11.